The molecule has 1 aromatic rings. The molecule has 109 heavy (non-hydrogen) atoms. The zero-order valence-corrected chi connectivity index (χ0v) is 66.2. The number of fused-ring (bicyclic) bond motifs is 5. The third-order valence-electron chi connectivity index (χ3n) is 27.5. The molecule has 10 amide bonds. The van der Waals surface area contributed by atoms with Gasteiger partial charge in [0.25, 0.3) is 11.8 Å². The molecule has 24 nitrogen and oxygen atoms in total. The normalized spacial score (nSPS) is 31.8. The van der Waals surface area contributed by atoms with E-state index in [9.17, 15) is 94.3 Å². The minimum Gasteiger partial charge on any atom is -0.469 e. The number of amides is 10. The van der Waals surface area contributed by atoms with Gasteiger partial charge in [-0.05, 0) is 145 Å². The summed E-state index contributed by atoms with van der Waals surface area (Å²) in [6.07, 6.45) is 11.9. The van der Waals surface area contributed by atoms with E-state index < -0.39 is 156 Å². The molecule has 10 bridgehead atoms. The van der Waals surface area contributed by atoms with Crippen molar-refractivity contribution >= 4 is 82.9 Å². The van der Waals surface area contributed by atoms with Gasteiger partial charge in [-0.2, -0.15) is 5.26 Å². The first-order valence-electron chi connectivity index (χ1n) is 38.2. The molecule has 4 saturated heterocycles. The van der Waals surface area contributed by atoms with Crippen LogP contribution in [0.2, 0.25) is 0 Å². The Kier molecular flexibility index (Phi) is 24.5. The smallest absolute Gasteiger partial charge is 0.327 e. The van der Waals surface area contributed by atoms with Crippen LogP contribution in [0.4, 0.5) is 22.0 Å². The Bertz CT molecular complexity index is 3910. The van der Waals surface area contributed by atoms with Crippen molar-refractivity contribution in [2.24, 2.45) is 114 Å². The molecule has 0 radical (unpaired) electrons. The standard InChI is InChI=1S/C17H23NO6.C17H27NO4.C17H27NO2.C16H20N2O4.C13H12F5NO2/c1-5-17(2,3)16(22)18-13(19)11-7-6-8-10(9(7)14(20)23-4)15(21)24-12(8)11;1-7-14(2,3)11(19)18-12(20)17-9-8-16(6,13(21)22-17)15(4,5)10-17;1-4-16(2,3)14(19)18-15(20)17-8-11-5-12(9-17)7-13(6-11)10-17;1-4-15(2,3)13(20)18-12(19)10-8-5-9-11(10)22-14(21)16(9,6-8)7-17;1-4-13(2,3)12(21)19-11(20)5-6(14)8(16)10(18)9(17)7(5)15/h7-12H,5-6H2,1-4H3,(H,18,19,22);7-10H2,1-6H3,(H,18,19,20);11-13H,4-10H2,1-3H3,(H,18,19,20);8-11H,4-6H2,1-3H3,(H,18,19,20);4H2,1-3H3,(H,19,20,21). The Labute approximate surface area is 633 Å². The van der Waals surface area contributed by atoms with Gasteiger partial charge in [-0.25, -0.2) is 22.0 Å². The summed E-state index contributed by atoms with van der Waals surface area (Å²) >= 11 is 0. The molecule has 602 valence electrons. The monoisotopic (exact) mass is 1540 g/mol. The minimum atomic E-state index is -2.37. The van der Waals surface area contributed by atoms with E-state index in [1.54, 1.807) is 53.8 Å². The van der Waals surface area contributed by atoms with E-state index >= 15 is 0 Å². The number of hydrogen-bond acceptors (Lipinski definition) is 19. The molecule has 5 N–H and O–H groups in total. The highest BCUT2D eigenvalue weighted by Gasteiger charge is 2.74. The number of ether oxygens (including phenoxy) is 4. The zero-order chi connectivity index (χ0) is 82.1. The lowest BCUT2D eigenvalue weighted by atomic mass is 9.49. The van der Waals surface area contributed by atoms with Crippen LogP contribution in [-0.4, -0.2) is 108 Å². The topological polar surface area (TPSA) is 360 Å². The highest BCUT2D eigenvalue weighted by atomic mass is 19.2. The van der Waals surface area contributed by atoms with Gasteiger partial charge in [0.05, 0.1) is 47.7 Å². The number of nitrogens with one attached hydrogen (secondary N) is 5. The molecule has 0 aromatic heterocycles. The Morgan fingerprint density at radius 1 is 0.505 bits per heavy atom. The Hall–Kier alpha value is -8.06. The van der Waals surface area contributed by atoms with Crippen molar-refractivity contribution in [2.75, 3.05) is 7.11 Å². The van der Waals surface area contributed by atoms with Crippen LogP contribution in [0.1, 0.15) is 244 Å². The minimum absolute atomic E-state index is 0.0307. The number of imide groups is 5. The van der Waals surface area contributed by atoms with E-state index in [4.69, 9.17) is 18.9 Å². The summed E-state index contributed by atoms with van der Waals surface area (Å²) in [4.78, 5) is 171. The molecule has 14 rings (SSSR count). The summed E-state index contributed by atoms with van der Waals surface area (Å²) in [5.74, 6) is -19.0. The third-order valence-corrected chi connectivity index (χ3v) is 27.5. The average molecular weight is 1540 g/mol. The lowest BCUT2D eigenvalue weighted by Gasteiger charge is -2.57. The lowest BCUT2D eigenvalue weighted by Crippen LogP contribution is -2.67. The molecule has 29 heteroatoms. The summed E-state index contributed by atoms with van der Waals surface area (Å²) in [5, 5.41) is 21.1. The van der Waals surface area contributed by atoms with Gasteiger partial charge < -0.3 is 18.9 Å². The van der Waals surface area contributed by atoms with E-state index in [2.05, 4.69) is 27.3 Å². The van der Waals surface area contributed by atoms with Crippen molar-refractivity contribution < 1.29 is 108 Å². The van der Waals surface area contributed by atoms with Crippen LogP contribution in [-0.2, 0) is 81.3 Å². The number of methoxy groups -OCH3 is 1. The van der Waals surface area contributed by atoms with Gasteiger partial charge >= 0.3 is 23.9 Å². The fourth-order valence-corrected chi connectivity index (χ4v) is 18.0. The molecule has 13 fully saturated rings. The second-order valence-corrected chi connectivity index (χ2v) is 36.4. The Morgan fingerprint density at radius 2 is 0.927 bits per heavy atom. The molecule has 0 spiro atoms. The largest absolute Gasteiger partial charge is 0.469 e. The Balaban J connectivity index is 0.000000172. The highest BCUT2D eigenvalue weighted by molar-refractivity contribution is 6.07. The maximum absolute atomic E-state index is 13.4. The van der Waals surface area contributed by atoms with Gasteiger partial charge in [0.2, 0.25) is 53.1 Å². The summed E-state index contributed by atoms with van der Waals surface area (Å²) in [5.41, 5.74) is -8.43. The van der Waals surface area contributed by atoms with E-state index in [0.29, 0.717) is 64.2 Å². The van der Waals surface area contributed by atoms with Gasteiger partial charge in [-0.1, -0.05) is 118 Å². The first kappa shape index (κ1) is 86.5. The van der Waals surface area contributed by atoms with Gasteiger partial charge in [-0.3, -0.25) is 93.7 Å². The van der Waals surface area contributed by atoms with Crippen molar-refractivity contribution in [3.8, 4) is 6.07 Å². The molecule has 4 heterocycles. The molecule has 9 saturated carbocycles. The number of esters is 4. The van der Waals surface area contributed by atoms with E-state index in [-0.39, 0.29) is 75.9 Å². The molecule has 1 aromatic carbocycles. The average Bonchev–Trinajstić information content (AvgIpc) is 1.67. The molecule has 13 atom stereocenters. The number of nitriles is 1. The molecular formula is C80H109F5N6O18. The van der Waals surface area contributed by atoms with Gasteiger partial charge in [0, 0.05) is 45.3 Å². The predicted molar refractivity (Wildman–Crippen MR) is 378 cm³/mol. The number of halogens is 5. The van der Waals surface area contributed by atoms with Crippen LogP contribution >= 0.6 is 0 Å². The number of carbonyl (C=O) groups is 14. The number of rotatable bonds is 16. The van der Waals surface area contributed by atoms with E-state index in [1.807, 2.05) is 62.3 Å². The molecular weight excluding hydrogens is 1430 g/mol. The summed E-state index contributed by atoms with van der Waals surface area (Å²) in [7, 11) is 1.27. The maximum Gasteiger partial charge on any atom is 0.327 e. The zero-order valence-electron chi connectivity index (χ0n) is 66.2. The molecule has 4 aliphatic heterocycles. The van der Waals surface area contributed by atoms with Crippen LogP contribution in [0.25, 0.3) is 0 Å². The molecule has 13 unspecified atom stereocenters. The van der Waals surface area contributed by atoms with Crippen LogP contribution in [0.3, 0.4) is 0 Å². The quantitative estimate of drug-likeness (QED) is 0.0337. The van der Waals surface area contributed by atoms with Gasteiger partial charge in [0.1, 0.15) is 17.8 Å². The van der Waals surface area contributed by atoms with Crippen LogP contribution in [0.5, 0.6) is 0 Å². The van der Waals surface area contributed by atoms with Crippen molar-refractivity contribution in [2.45, 2.75) is 252 Å². The number of benzene rings is 1. The first-order chi connectivity index (χ1) is 50.3. The second kappa shape index (κ2) is 30.9. The lowest BCUT2D eigenvalue weighted by molar-refractivity contribution is -0.226. The van der Waals surface area contributed by atoms with Crippen molar-refractivity contribution in [3.05, 3.63) is 34.6 Å². The van der Waals surface area contributed by atoms with E-state index in [0.717, 1.165) is 43.4 Å². The van der Waals surface area contributed by atoms with Crippen molar-refractivity contribution in [3.63, 3.8) is 0 Å². The highest BCUT2D eigenvalue weighted by Crippen LogP contribution is 2.65. The number of hydrogen-bond donors (Lipinski definition) is 5. The SMILES string of the molecule is CCC(C)(C)C(=O)NC(=O)C12CC3CC(CC(C3)C1)C2.CCC(C)(C)C(=O)NC(=O)C12CCC(C)(C(=O)O1)C(C)(C)C2.CCC(C)(C)C(=O)NC(=O)C1C2CC3C1OC(=O)C3(C#N)C2.CCC(C)(C)C(=O)NC(=O)C1C2CC3C1OC(=O)C3C2C(=O)OC.CCC(C)(C)C(=O)NC(=O)c1c(F)c(F)c(F)c(F)c1F. The van der Waals surface area contributed by atoms with Crippen molar-refractivity contribution in [1.29, 1.82) is 5.26 Å². The van der Waals surface area contributed by atoms with Gasteiger partial charge in [-0.15, -0.1) is 0 Å². The summed E-state index contributed by atoms with van der Waals surface area (Å²) in [6.45, 7) is 32.6. The predicted octanol–water partition coefficient (Wildman–Crippen LogP) is 10.8. The molecule has 9 aliphatic carbocycles. The van der Waals surface area contributed by atoms with Crippen LogP contribution in [0, 0.1) is 154 Å². The Morgan fingerprint density at radius 3 is 1.35 bits per heavy atom. The second-order valence-electron chi connectivity index (χ2n) is 36.4. The third kappa shape index (κ3) is 15.7. The van der Waals surface area contributed by atoms with Crippen LogP contribution in [0.15, 0.2) is 0 Å². The fourth-order valence-electron chi connectivity index (χ4n) is 18.0. The number of nitrogens with zero attached hydrogens (tertiary/aromatic N) is 1. The van der Waals surface area contributed by atoms with Crippen molar-refractivity contribution in [1.82, 2.24) is 26.6 Å². The van der Waals surface area contributed by atoms with Gasteiger partial charge in [0.15, 0.2) is 34.3 Å². The number of carbonyl (C=O) groups excluding carboxylic acids is 14. The first-order valence-corrected chi connectivity index (χ1v) is 38.2. The summed E-state index contributed by atoms with van der Waals surface area (Å²) in [6, 6.07) is 2.11. The maximum atomic E-state index is 13.4. The fraction of sp³-hybridized carbons (Fsp3) is 0.738. The molecule has 13 aliphatic rings. The summed E-state index contributed by atoms with van der Waals surface area (Å²) < 4.78 is 86.6. The van der Waals surface area contributed by atoms with Crippen LogP contribution < -0.4 is 26.6 Å². The van der Waals surface area contributed by atoms with E-state index in [1.165, 1.54) is 40.2 Å².